The first-order chi connectivity index (χ1) is 5.74. The van der Waals surface area contributed by atoms with Crippen LogP contribution in [0.5, 0.6) is 0 Å². The average molecular weight is 180 g/mol. The zero-order valence-corrected chi connectivity index (χ0v) is 6.93. The Balaban J connectivity index is 2.97. The van der Waals surface area contributed by atoms with E-state index in [1.165, 1.54) is 0 Å². The van der Waals surface area contributed by atoms with E-state index in [0.717, 1.165) is 6.08 Å². The van der Waals surface area contributed by atoms with Crippen molar-refractivity contribution in [3.63, 3.8) is 0 Å². The highest BCUT2D eigenvalue weighted by molar-refractivity contribution is 6.30. The van der Waals surface area contributed by atoms with Crippen LogP contribution < -0.4 is 0 Å². The van der Waals surface area contributed by atoms with Crippen molar-refractivity contribution in [2.45, 2.75) is 0 Å². The number of rotatable bonds is 2. The summed E-state index contributed by atoms with van der Waals surface area (Å²) in [6.45, 7) is 0. The Morgan fingerprint density at radius 1 is 1.42 bits per heavy atom. The van der Waals surface area contributed by atoms with E-state index in [4.69, 9.17) is 17.0 Å². The third-order valence-corrected chi connectivity index (χ3v) is 1.58. The van der Waals surface area contributed by atoms with E-state index in [2.05, 4.69) is 0 Å². The molecule has 3 heteroatoms. The molecule has 0 spiro atoms. The molecule has 0 bridgehead atoms. The number of benzene rings is 1. The lowest BCUT2D eigenvalue weighted by Crippen LogP contribution is -1.92. The molecule has 60 valence electrons. The minimum Gasteiger partial charge on any atom is -0.289 e. The third kappa shape index (κ3) is 2.06. The number of nitrogens with one attached hydrogen (secondary N) is 1. The molecule has 0 aliphatic rings. The number of halogens is 1. The van der Waals surface area contributed by atoms with Crippen LogP contribution in [0, 0.1) is 5.41 Å². The van der Waals surface area contributed by atoms with Gasteiger partial charge >= 0.3 is 0 Å². The van der Waals surface area contributed by atoms with Gasteiger partial charge in [-0.05, 0) is 30.1 Å². The van der Waals surface area contributed by atoms with Gasteiger partial charge in [-0.15, -0.1) is 0 Å². The predicted octanol–water partition coefficient (Wildman–Crippen LogP) is 2.33. The van der Waals surface area contributed by atoms with Gasteiger partial charge in [0.15, 0.2) is 5.78 Å². The Morgan fingerprint density at radius 3 is 2.50 bits per heavy atom. The van der Waals surface area contributed by atoms with Crippen LogP contribution in [0.3, 0.4) is 0 Å². The van der Waals surface area contributed by atoms with Gasteiger partial charge in [-0.1, -0.05) is 11.6 Å². The molecule has 0 heterocycles. The van der Waals surface area contributed by atoms with Gasteiger partial charge in [0.25, 0.3) is 0 Å². The zero-order chi connectivity index (χ0) is 8.97. The van der Waals surface area contributed by atoms with E-state index >= 15 is 0 Å². The number of hydrogen-bond acceptors (Lipinski definition) is 2. The molecule has 1 aromatic carbocycles. The summed E-state index contributed by atoms with van der Waals surface area (Å²) >= 11 is 5.62. The predicted molar refractivity (Wildman–Crippen MR) is 48.1 cm³/mol. The lowest BCUT2D eigenvalue weighted by Gasteiger charge is -1.93. The summed E-state index contributed by atoms with van der Waals surface area (Å²) in [5.41, 5.74) is 0.513. The van der Waals surface area contributed by atoms with Crippen LogP contribution in [0.15, 0.2) is 30.3 Å². The Bertz CT molecular complexity index is 336. The van der Waals surface area contributed by atoms with Crippen molar-refractivity contribution in [2.24, 2.45) is 0 Å². The summed E-state index contributed by atoms with van der Waals surface area (Å²) in [6, 6.07) is 6.48. The lowest BCUT2D eigenvalue weighted by atomic mass is 10.1. The van der Waals surface area contributed by atoms with Gasteiger partial charge in [0, 0.05) is 16.7 Å². The van der Waals surface area contributed by atoms with Crippen molar-refractivity contribution in [3.8, 4) is 0 Å². The van der Waals surface area contributed by atoms with Gasteiger partial charge in [0.1, 0.15) is 0 Å². The van der Waals surface area contributed by atoms with Crippen molar-refractivity contribution >= 4 is 23.3 Å². The molecule has 1 rings (SSSR count). The molecular weight excluding hydrogens is 174 g/mol. The molecule has 2 nitrogen and oxygen atoms in total. The van der Waals surface area contributed by atoms with Crippen LogP contribution in [0.4, 0.5) is 0 Å². The number of hydrogen-bond donors (Lipinski definition) is 1. The van der Waals surface area contributed by atoms with Crippen molar-refractivity contribution < 1.29 is 4.79 Å². The summed E-state index contributed by atoms with van der Waals surface area (Å²) in [4.78, 5) is 11.1. The molecule has 1 N–H and O–H groups in total. The number of carbonyl (C=O) groups excluding carboxylic acids is 1. The van der Waals surface area contributed by atoms with Crippen LogP contribution in [0.25, 0.3) is 0 Å². The molecule has 0 saturated carbocycles. The molecule has 12 heavy (non-hydrogen) atoms. The fourth-order valence-electron chi connectivity index (χ4n) is 0.763. The van der Waals surface area contributed by atoms with Gasteiger partial charge < -0.3 is 0 Å². The van der Waals surface area contributed by atoms with Crippen LogP contribution in [0.1, 0.15) is 10.4 Å². The van der Waals surface area contributed by atoms with Gasteiger partial charge in [0.2, 0.25) is 0 Å². The molecule has 0 fully saturated rings. The topological polar surface area (TPSA) is 40.9 Å². The molecule has 0 aliphatic heterocycles. The third-order valence-electron chi connectivity index (χ3n) is 1.33. The van der Waals surface area contributed by atoms with E-state index in [-0.39, 0.29) is 5.78 Å². The quantitative estimate of drug-likeness (QED) is 0.423. The molecular formula is C9H6ClNO. The van der Waals surface area contributed by atoms with E-state index in [9.17, 15) is 4.79 Å². The maximum Gasteiger partial charge on any atom is 0.195 e. The minimum atomic E-state index is -0.235. The maximum atomic E-state index is 11.1. The molecule has 0 amide bonds. The van der Waals surface area contributed by atoms with Crippen molar-refractivity contribution in [2.75, 3.05) is 0 Å². The van der Waals surface area contributed by atoms with Gasteiger partial charge in [-0.25, -0.2) is 0 Å². The Kier molecular flexibility index (Phi) is 2.81. The summed E-state index contributed by atoms with van der Waals surface area (Å²) in [5.74, 6) is 1.69. The Labute approximate surface area is 75.0 Å². The molecule has 0 radical (unpaired) electrons. The molecule has 0 saturated heterocycles. The molecule has 1 aromatic rings. The average Bonchev–Trinajstić information content (AvgIpc) is 2.06. The highest BCUT2D eigenvalue weighted by Crippen LogP contribution is 2.09. The molecule has 0 unspecified atom stereocenters. The highest BCUT2D eigenvalue weighted by Gasteiger charge is 1.99. The molecule has 0 aliphatic carbocycles. The monoisotopic (exact) mass is 179 g/mol. The normalized spacial score (nSPS) is 8.75. The first-order valence-electron chi connectivity index (χ1n) is 3.29. The van der Waals surface area contributed by atoms with Crippen molar-refractivity contribution in [1.82, 2.24) is 0 Å². The van der Waals surface area contributed by atoms with E-state index in [1.807, 2.05) is 5.87 Å². The lowest BCUT2D eigenvalue weighted by molar-refractivity contribution is 0.104. The number of ketones is 1. The fourth-order valence-corrected chi connectivity index (χ4v) is 0.889. The van der Waals surface area contributed by atoms with Crippen LogP contribution >= 0.6 is 11.6 Å². The highest BCUT2D eigenvalue weighted by atomic mass is 35.5. The summed E-state index contributed by atoms with van der Waals surface area (Å²) < 4.78 is 0. The van der Waals surface area contributed by atoms with Gasteiger partial charge in [-0.2, -0.15) is 0 Å². The molecule has 0 aromatic heterocycles. The number of allylic oxidation sites excluding steroid dienone is 1. The van der Waals surface area contributed by atoms with Crippen LogP contribution in [0.2, 0.25) is 5.02 Å². The fraction of sp³-hybridized carbons (Fsp3) is 0. The standard InChI is InChI=1S/C9H6ClNO/c10-8-3-1-7(2-4-8)9(12)5-6-11/h1-5,11H. The van der Waals surface area contributed by atoms with E-state index < -0.39 is 0 Å². The smallest absolute Gasteiger partial charge is 0.195 e. The Morgan fingerprint density at radius 2 is 2.00 bits per heavy atom. The summed E-state index contributed by atoms with van der Waals surface area (Å²) in [7, 11) is 0. The first kappa shape index (κ1) is 8.72. The van der Waals surface area contributed by atoms with Crippen molar-refractivity contribution in [1.29, 1.82) is 5.41 Å². The van der Waals surface area contributed by atoms with E-state index in [0.29, 0.717) is 10.6 Å². The van der Waals surface area contributed by atoms with Gasteiger partial charge in [-0.3, -0.25) is 10.2 Å². The largest absolute Gasteiger partial charge is 0.289 e. The number of carbonyl (C=O) groups is 1. The summed E-state index contributed by atoms with van der Waals surface area (Å²) in [5, 5.41) is 7.16. The SMILES string of the molecule is N=C=CC(=O)c1ccc(Cl)cc1. The second kappa shape index (κ2) is 3.86. The van der Waals surface area contributed by atoms with Crippen molar-refractivity contribution in [3.05, 3.63) is 40.9 Å². The summed E-state index contributed by atoms with van der Waals surface area (Å²) in [6.07, 6.45) is 1.07. The Hall–Kier alpha value is -1.37. The molecule has 0 atom stereocenters. The zero-order valence-electron chi connectivity index (χ0n) is 6.17. The van der Waals surface area contributed by atoms with E-state index in [1.54, 1.807) is 24.3 Å². The first-order valence-corrected chi connectivity index (χ1v) is 3.67. The van der Waals surface area contributed by atoms with Crippen LogP contribution in [-0.4, -0.2) is 11.7 Å². The minimum absolute atomic E-state index is 0.235. The second-order valence-electron chi connectivity index (χ2n) is 2.16. The second-order valence-corrected chi connectivity index (χ2v) is 2.60. The van der Waals surface area contributed by atoms with Crippen LogP contribution in [-0.2, 0) is 0 Å². The maximum absolute atomic E-state index is 11.1. The van der Waals surface area contributed by atoms with Gasteiger partial charge in [0.05, 0.1) is 0 Å².